The van der Waals surface area contributed by atoms with Gasteiger partial charge in [0.15, 0.2) is 0 Å². The number of hydrogen-bond acceptors (Lipinski definition) is 7. The van der Waals surface area contributed by atoms with Crippen molar-refractivity contribution in [3.05, 3.63) is 59.0 Å². The highest BCUT2D eigenvalue weighted by molar-refractivity contribution is 7.85. The van der Waals surface area contributed by atoms with Crippen LogP contribution in [0.5, 0.6) is 0 Å². The van der Waals surface area contributed by atoms with E-state index >= 15 is 0 Å². The molecule has 0 aromatic carbocycles. The van der Waals surface area contributed by atoms with Gasteiger partial charge < -0.3 is 19.9 Å². The Labute approximate surface area is 281 Å². The number of nitrogens with zero attached hydrogens (tertiary/aromatic N) is 4. The van der Waals surface area contributed by atoms with E-state index in [1.807, 2.05) is 47.7 Å². The van der Waals surface area contributed by atoms with Crippen LogP contribution in [0.1, 0.15) is 86.5 Å². The Morgan fingerprint density at radius 3 is 2.24 bits per heavy atom. The summed E-state index contributed by atoms with van der Waals surface area (Å²) < 4.78 is 29.9. The van der Waals surface area contributed by atoms with Crippen molar-refractivity contribution in [1.82, 2.24) is 15.1 Å². The van der Waals surface area contributed by atoms with Gasteiger partial charge in [0.2, 0.25) is 0 Å². The van der Waals surface area contributed by atoms with Crippen molar-refractivity contribution >= 4 is 22.8 Å². The summed E-state index contributed by atoms with van der Waals surface area (Å²) in [5.41, 5.74) is 4.68. The summed E-state index contributed by atoms with van der Waals surface area (Å²) in [6.45, 7) is 19.9. The van der Waals surface area contributed by atoms with E-state index in [1.54, 1.807) is 23.7 Å². The fourth-order valence-corrected chi connectivity index (χ4v) is 6.25. The average Bonchev–Trinajstić information content (AvgIpc) is 3.24. The van der Waals surface area contributed by atoms with E-state index in [1.165, 1.54) is 49.6 Å². The Kier molecular flexibility index (Phi) is 18.4. The Morgan fingerprint density at radius 1 is 1.11 bits per heavy atom. The van der Waals surface area contributed by atoms with Crippen molar-refractivity contribution in [2.75, 3.05) is 66.2 Å². The summed E-state index contributed by atoms with van der Waals surface area (Å²) in [7, 11) is 0.603. The number of hydrogen-bond donors (Lipinski definition) is 1. The molecule has 1 amide bonds. The fraction of sp³-hybridized carbons (Fsp3) is 0.667. The number of allylic oxidation sites excluding steroid dienone is 6. The molecule has 0 spiro atoms. The van der Waals surface area contributed by atoms with Crippen molar-refractivity contribution in [1.29, 1.82) is 0 Å². The van der Waals surface area contributed by atoms with Crippen molar-refractivity contribution in [3.8, 4) is 0 Å². The predicted octanol–water partition coefficient (Wildman–Crippen LogP) is 6.83. The molecule has 0 atom stereocenters. The predicted molar refractivity (Wildman–Crippen MR) is 194 cm³/mol. The van der Waals surface area contributed by atoms with Crippen LogP contribution in [0.3, 0.4) is 0 Å². The number of ether oxygens (including phenoxy) is 1. The van der Waals surface area contributed by atoms with Crippen LogP contribution in [0.15, 0.2) is 64.0 Å². The van der Waals surface area contributed by atoms with Crippen LogP contribution >= 0.6 is 0 Å². The molecule has 46 heavy (non-hydrogen) atoms. The maximum Gasteiger partial charge on any atom is 0.410 e. The third-order valence-corrected chi connectivity index (χ3v) is 10.3. The standard InChI is InChI=1S/C21H34N3O4S.C10H15N.C3H9N.C2H6/c1-21(2,3)28-20(25)23-11-10-18-17(16-23)8-6-7-9-19(18)22-12-14-24(4,15-13-22)29(5,26)27;1-11-9-5-8-10-6-3-2-4-7-10;1-3-4-2;1-2/h6,8-9H,7,10-16H2,1-5H3;5,8-9H,1-4,6-7H2;4H,3H2,1-2H3;1-2H3/q+1;;;/b;9-5-;;. The molecule has 2 heterocycles. The summed E-state index contributed by atoms with van der Waals surface area (Å²) in [6, 6.07) is 0. The number of likely N-dealkylation sites (N-methyl/N-ethyl adjacent to an activating group) is 1. The topological polar surface area (TPSA) is 91.3 Å². The van der Waals surface area contributed by atoms with Crippen molar-refractivity contribution < 1.29 is 21.8 Å². The lowest BCUT2D eigenvalue weighted by Gasteiger charge is -2.42. The van der Waals surface area contributed by atoms with Gasteiger partial charge >= 0.3 is 6.09 Å². The maximum absolute atomic E-state index is 12.5. The highest BCUT2D eigenvalue weighted by Crippen LogP contribution is 2.32. The molecule has 0 aromatic heterocycles. The second-order valence-corrected chi connectivity index (χ2v) is 15.3. The molecule has 2 fully saturated rings. The molecule has 1 saturated heterocycles. The van der Waals surface area contributed by atoms with Crippen LogP contribution in [0, 0.1) is 0 Å². The van der Waals surface area contributed by atoms with Crippen LogP contribution in [0.2, 0.25) is 0 Å². The number of sulfonamides is 1. The van der Waals surface area contributed by atoms with Crippen LogP contribution in [0.25, 0.3) is 0 Å². The molecule has 4 rings (SSSR count). The van der Waals surface area contributed by atoms with E-state index in [0.717, 1.165) is 25.0 Å². The molecule has 0 radical (unpaired) electrons. The number of carbonyl (C=O) groups excluding carboxylic acids is 1. The zero-order chi connectivity index (χ0) is 34.8. The molecule has 10 heteroatoms. The third kappa shape index (κ3) is 14.0. The molecule has 0 aromatic rings. The summed E-state index contributed by atoms with van der Waals surface area (Å²) in [5.74, 6) is 0. The number of nitrogens with one attached hydrogen (secondary N) is 1. The molecule has 2 aliphatic carbocycles. The molecule has 1 N–H and O–H groups in total. The lowest BCUT2D eigenvalue weighted by Crippen LogP contribution is -2.59. The first-order valence-corrected chi connectivity index (χ1v) is 18.9. The second kappa shape index (κ2) is 20.5. The molecule has 2 aliphatic heterocycles. The van der Waals surface area contributed by atoms with Gasteiger partial charge in [-0.2, -0.15) is 8.42 Å². The monoisotopic (exact) mass is 662 g/mol. The number of aliphatic imine (C=N–C) groups is 1. The molecular weight excluding hydrogens is 598 g/mol. The molecule has 0 unspecified atom stereocenters. The minimum absolute atomic E-state index is 0.0906. The van der Waals surface area contributed by atoms with Gasteiger partial charge in [0.1, 0.15) is 18.7 Å². The normalized spacial score (nSPS) is 19.6. The van der Waals surface area contributed by atoms with Gasteiger partial charge in [0.05, 0.1) is 26.4 Å². The zero-order valence-corrected chi connectivity index (χ0v) is 31.2. The van der Waals surface area contributed by atoms with Crippen LogP contribution in [-0.4, -0.2) is 107 Å². The lowest BCUT2D eigenvalue weighted by molar-refractivity contribution is -0.790. The van der Waals surface area contributed by atoms with Crippen LogP contribution < -0.4 is 5.32 Å². The smallest absolute Gasteiger partial charge is 0.410 e. The van der Waals surface area contributed by atoms with Crippen LogP contribution in [-0.2, 0) is 14.8 Å². The largest absolute Gasteiger partial charge is 0.444 e. The van der Waals surface area contributed by atoms with Gasteiger partial charge in [0, 0.05) is 25.0 Å². The summed E-state index contributed by atoms with van der Waals surface area (Å²) in [6.07, 6.45) is 21.7. The molecular formula is C36H64N5O4S+. The molecule has 9 nitrogen and oxygen atoms in total. The minimum Gasteiger partial charge on any atom is -0.444 e. The number of amides is 1. The van der Waals surface area contributed by atoms with Gasteiger partial charge in [-0.15, -0.1) is 0 Å². The van der Waals surface area contributed by atoms with Crippen molar-refractivity contribution in [3.63, 3.8) is 0 Å². The minimum atomic E-state index is -3.13. The molecule has 262 valence electrons. The third-order valence-electron chi connectivity index (χ3n) is 8.31. The Morgan fingerprint density at radius 2 is 1.72 bits per heavy atom. The van der Waals surface area contributed by atoms with E-state index in [9.17, 15) is 13.2 Å². The summed E-state index contributed by atoms with van der Waals surface area (Å²) in [5, 5.41) is 2.93. The first-order valence-electron chi connectivity index (χ1n) is 17.1. The quantitative estimate of drug-likeness (QED) is 0.256. The van der Waals surface area contributed by atoms with E-state index < -0.39 is 15.6 Å². The summed E-state index contributed by atoms with van der Waals surface area (Å²) >= 11 is 0. The Bertz CT molecular complexity index is 1210. The number of rotatable bonds is 5. The first kappa shape index (κ1) is 41.3. The lowest BCUT2D eigenvalue weighted by atomic mass is 9.95. The van der Waals surface area contributed by atoms with Crippen molar-refractivity contribution in [2.45, 2.75) is 92.1 Å². The Balaban J connectivity index is 0.000000513. The van der Waals surface area contributed by atoms with E-state index in [4.69, 9.17) is 4.74 Å². The van der Waals surface area contributed by atoms with Gasteiger partial charge in [0.25, 0.3) is 10.0 Å². The number of quaternary nitrogens is 1. The Hall–Kier alpha value is -2.69. The summed E-state index contributed by atoms with van der Waals surface area (Å²) in [4.78, 5) is 20.2. The van der Waals surface area contributed by atoms with Crippen molar-refractivity contribution in [2.24, 2.45) is 4.99 Å². The number of piperazine rings is 1. The highest BCUT2D eigenvalue weighted by Gasteiger charge is 2.39. The molecule has 1 saturated carbocycles. The fourth-order valence-electron chi connectivity index (χ4n) is 5.42. The SMILES string of the molecule is C=N/C=C\C=C1CCCCC1.CC.CC(C)(C)OC(=O)N1CCC2=C(C=CCC=C2N2CC[N+](C)(S(C)(=O)=O)CC2)C1.CCNC. The molecule has 0 bridgehead atoms. The van der Waals surface area contributed by atoms with E-state index in [2.05, 4.69) is 53.2 Å². The van der Waals surface area contributed by atoms with Gasteiger partial charge in [-0.25, -0.2) is 8.68 Å². The van der Waals surface area contributed by atoms with Gasteiger partial charge in [-0.05, 0) is 96.8 Å². The number of carbonyl (C=O) groups is 1. The highest BCUT2D eigenvalue weighted by atomic mass is 32.2. The maximum atomic E-state index is 12.5. The van der Waals surface area contributed by atoms with Gasteiger partial charge in [-0.3, -0.25) is 4.99 Å². The average molecular weight is 663 g/mol. The van der Waals surface area contributed by atoms with Gasteiger partial charge in [-0.1, -0.05) is 57.1 Å². The zero-order valence-electron chi connectivity index (χ0n) is 30.4. The second-order valence-electron chi connectivity index (χ2n) is 13.0. The van der Waals surface area contributed by atoms with E-state index in [0.29, 0.717) is 39.3 Å². The molecule has 4 aliphatic rings. The first-order chi connectivity index (χ1) is 21.7. The van der Waals surface area contributed by atoms with E-state index in [-0.39, 0.29) is 9.98 Å². The van der Waals surface area contributed by atoms with Crippen LogP contribution in [0.4, 0.5) is 4.79 Å².